The molecule has 0 unspecified atom stereocenters. The number of esters is 2. The van der Waals surface area contributed by atoms with Gasteiger partial charge in [0.1, 0.15) is 17.1 Å². The van der Waals surface area contributed by atoms with Crippen molar-refractivity contribution in [2.75, 3.05) is 0 Å². The van der Waals surface area contributed by atoms with Crippen LogP contribution >= 0.6 is 0 Å². The van der Waals surface area contributed by atoms with Crippen LogP contribution in [0, 0.1) is 0 Å². The standard InChI is InChI=1S/C12H6O4/c13-10-6-5-9(15-10)11-7-3-1-2-4-8(7)16-12(11)14/h1-6H/b11-9+. The van der Waals surface area contributed by atoms with Gasteiger partial charge in [0, 0.05) is 11.6 Å². The molecule has 0 N–H and O–H groups in total. The molecule has 0 saturated heterocycles. The summed E-state index contributed by atoms with van der Waals surface area (Å²) in [4.78, 5) is 22.6. The van der Waals surface area contributed by atoms with Gasteiger partial charge in [0.05, 0.1) is 0 Å². The Kier molecular flexibility index (Phi) is 1.71. The quantitative estimate of drug-likeness (QED) is 0.372. The molecule has 4 heteroatoms. The highest BCUT2D eigenvalue weighted by Gasteiger charge is 2.31. The smallest absolute Gasteiger partial charge is 0.348 e. The summed E-state index contributed by atoms with van der Waals surface area (Å²) in [5, 5.41) is 0. The number of cyclic esters (lactones) is 1. The van der Waals surface area contributed by atoms with Gasteiger partial charge in [0.2, 0.25) is 0 Å². The van der Waals surface area contributed by atoms with Crippen LogP contribution in [0.3, 0.4) is 0 Å². The Hall–Kier alpha value is -2.36. The van der Waals surface area contributed by atoms with Crippen molar-refractivity contribution in [3.8, 4) is 5.75 Å². The molecular weight excluding hydrogens is 208 g/mol. The summed E-state index contributed by atoms with van der Waals surface area (Å²) in [5.41, 5.74) is 0.958. The first-order valence-corrected chi connectivity index (χ1v) is 4.71. The molecule has 0 fully saturated rings. The lowest BCUT2D eigenvalue weighted by Crippen LogP contribution is -2.04. The van der Waals surface area contributed by atoms with Crippen molar-refractivity contribution >= 4 is 17.5 Å². The Balaban J connectivity index is 2.20. The molecule has 0 atom stereocenters. The predicted octanol–water partition coefficient (Wildman–Crippen LogP) is 1.43. The summed E-state index contributed by atoms with van der Waals surface area (Å²) in [6, 6.07) is 7.02. The summed E-state index contributed by atoms with van der Waals surface area (Å²) >= 11 is 0. The van der Waals surface area contributed by atoms with E-state index in [0.29, 0.717) is 16.9 Å². The van der Waals surface area contributed by atoms with E-state index in [1.165, 1.54) is 12.2 Å². The second kappa shape index (κ2) is 3.06. The fourth-order valence-corrected chi connectivity index (χ4v) is 1.71. The molecule has 3 rings (SSSR count). The number of hydrogen-bond donors (Lipinski definition) is 0. The van der Waals surface area contributed by atoms with Gasteiger partial charge in [0.25, 0.3) is 0 Å². The first-order valence-electron chi connectivity index (χ1n) is 4.71. The molecule has 16 heavy (non-hydrogen) atoms. The molecule has 2 heterocycles. The Bertz CT molecular complexity index is 566. The largest absolute Gasteiger partial charge is 0.422 e. The van der Waals surface area contributed by atoms with E-state index in [2.05, 4.69) is 0 Å². The van der Waals surface area contributed by atoms with Crippen LogP contribution in [-0.4, -0.2) is 11.9 Å². The van der Waals surface area contributed by atoms with Crippen molar-refractivity contribution in [3.63, 3.8) is 0 Å². The van der Waals surface area contributed by atoms with Gasteiger partial charge in [-0.1, -0.05) is 18.2 Å². The van der Waals surface area contributed by atoms with Crippen molar-refractivity contribution < 1.29 is 19.1 Å². The molecule has 0 spiro atoms. The van der Waals surface area contributed by atoms with Crippen LogP contribution in [-0.2, 0) is 14.3 Å². The minimum absolute atomic E-state index is 0.250. The minimum atomic E-state index is -0.490. The molecule has 0 radical (unpaired) electrons. The minimum Gasteiger partial charge on any atom is -0.422 e. The number of hydrogen-bond acceptors (Lipinski definition) is 4. The van der Waals surface area contributed by atoms with Crippen LogP contribution in [0.4, 0.5) is 0 Å². The summed E-state index contributed by atoms with van der Waals surface area (Å²) in [7, 11) is 0. The molecule has 0 aromatic heterocycles. The number of carbonyl (C=O) groups is 2. The summed E-state index contributed by atoms with van der Waals surface area (Å²) in [6.45, 7) is 0. The number of benzene rings is 1. The average molecular weight is 214 g/mol. The van der Waals surface area contributed by atoms with Crippen LogP contribution < -0.4 is 4.74 Å². The number of carbonyl (C=O) groups excluding carboxylic acids is 2. The van der Waals surface area contributed by atoms with E-state index in [1.807, 2.05) is 0 Å². The maximum Gasteiger partial charge on any atom is 0.348 e. The number of para-hydroxylation sites is 1. The second-order valence-electron chi connectivity index (χ2n) is 3.38. The summed E-state index contributed by atoms with van der Waals surface area (Å²) < 4.78 is 9.95. The number of ether oxygens (including phenoxy) is 2. The van der Waals surface area contributed by atoms with E-state index < -0.39 is 11.9 Å². The van der Waals surface area contributed by atoms with Gasteiger partial charge in [-0.3, -0.25) is 0 Å². The van der Waals surface area contributed by atoms with Crippen molar-refractivity contribution in [1.29, 1.82) is 0 Å². The zero-order valence-electron chi connectivity index (χ0n) is 8.10. The monoisotopic (exact) mass is 214 g/mol. The first-order chi connectivity index (χ1) is 7.75. The Morgan fingerprint density at radius 3 is 2.50 bits per heavy atom. The predicted molar refractivity (Wildman–Crippen MR) is 54.2 cm³/mol. The topological polar surface area (TPSA) is 52.6 Å². The lowest BCUT2D eigenvalue weighted by Gasteiger charge is -1.99. The first kappa shape index (κ1) is 8.91. The van der Waals surface area contributed by atoms with Crippen LogP contribution in [0.25, 0.3) is 5.57 Å². The van der Waals surface area contributed by atoms with Crippen molar-refractivity contribution in [2.45, 2.75) is 0 Å². The van der Waals surface area contributed by atoms with Crippen LogP contribution in [0.15, 0.2) is 42.2 Å². The Labute approximate surface area is 90.8 Å². The average Bonchev–Trinajstić information content (AvgIpc) is 2.80. The molecule has 4 nitrogen and oxygen atoms in total. The zero-order valence-corrected chi connectivity index (χ0v) is 8.10. The fraction of sp³-hybridized carbons (Fsp3) is 0. The summed E-state index contributed by atoms with van der Waals surface area (Å²) in [5.74, 6) is -0.221. The van der Waals surface area contributed by atoms with Gasteiger partial charge in [-0.25, -0.2) is 9.59 Å². The van der Waals surface area contributed by atoms with E-state index in [9.17, 15) is 9.59 Å². The number of allylic oxidation sites excluding steroid dienone is 1. The molecule has 2 aliphatic rings. The molecular formula is C12H6O4. The van der Waals surface area contributed by atoms with Gasteiger partial charge in [-0.2, -0.15) is 0 Å². The summed E-state index contributed by atoms with van der Waals surface area (Å²) in [6.07, 6.45) is 2.75. The fourth-order valence-electron chi connectivity index (χ4n) is 1.71. The highest BCUT2D eigenvalue weighted by molar-refractivity contribution is 6.23. The maximum atomic E-state index is 11.6. The Morgan fingerprint density at radius 1 is 0.938 bits per heavy atom. The van der Waals surface area contributed by atoms with Gasteiger partial charge in [0.15, 0.2) is 0 Å². The van der Waals surface area contributed by atoms with Crippen molar-refractivity contribution in [1.82, 2.24) is 0 Å². The van der Waals surface area contributed by atoms with E-state index >= 15 is 0 Å². The molecule has 0 aliphatic carbocycles. The number of rotatable bonds is 0. The molecule has 0 amide bonds. The third-order valence-corrected chi connectivity index (χ3v) is 2.39. The molecule has 78 valence electrons. The van der Waals surface area contributed by atoms with Crippen LogP contribution in [0.5, 0.6) is 5.75 Å². The molecule has 0 saturated carbocycles. The Morgan fingerprint density at radius 2 is 1.75 bits per heavy atom. The van der Waals surface area contributed by atoms with Crippen molar-refractivity contribution in [2.24, 2.45) is 0 Å². The molecule has 1 aromatic rings. The highest BCUT2D eigenvalue weighted by atomic mass is 16.6. The second-order valence-corrected chi connectivity index (χ2v) is 3.38. The lowest BCUT2D eigenvalue weighted by atomic mass is 10.1. The van der Waals surface area contributed by atoms with E-state index in [0.717, 1.165) is 0 Å². The van der Waals surface area contributed by atoms with Crippen LogP contribution in [0.2, 0.25) is 0 Å². The molecule has 2 aliphatic heterocycles. The molecule has 0 bridgehead atoms. The SMILES string of the molecule is O=C1C=C/C(=C2\C(=O)Oc3ccccc32)O1. The third-order valence-electron chi connectivity index (χ3n) is 2.39. The van der Waals surface area contributed by atoms with E-state index in [1.54, 1.807) is 24.3 Å². The van der Waals surface area contributed by atoms with Gasteiger partial charge in [-0.05, 0) is 12.1 Å². The highest BCUT2D eigenvalue weighted by Crippen LogP contribution is 2.37. The lowest BCUT2D eigenvalue weighted by molar-refractivity contribution is -0.132. The van der Waals surface area contributed by atoms with Crippen molar-refractivity contribution in [3.05, 3.63) is 47.7 Å². The normalized spacial score (nSPS) is 22.0. The zero-order chi connectivity index (χ0) is 11.1. The molecule has 1 aromatic carbocycles. The van der Waals surface area contributed by atoms with E-state index in [-0.39, 0.29) is 5.76 Å². The van der Waals surface area contributed by atoms with E-state index in [4.69, 9.17) is 9.47 Å². The maximum absolute atomic E-state index is 11.6. The van der Waals surface area contributed by atoms with Gasteiger partial charge < -0.3 is 9.47 Å². The van der Waals surface area contributed by atoms with Gasteiger partial charge in [-0.15, -0.1) is 0 Å². The third kappa shape index (κ3) is 1.16. The van der Waals surface area contributed by atoms with Gasteiger partial charge >= 0.3 is 11.9 Å². The number of fused-ring (bicyclic) bond motifs is 1. The van der Waals surface area contributed by atoms with Crippen LogP contribution in [0.1, 0.15) is 5.56 Å².